The second kappa shape index (κ2) is 6.74. The Morgan fingerprint density at radius 1 is 1.33 bits per heavy atom. The molecule has 1 aromatic heterocycles. The summed E-state index contributed by atoms with van der Waals surface area (Å²) in [6.45, 7) is 8.08. The maximum atomic E-state index is 11.8. The van der Waals surface area contributed by atoms with E-state index in [1.165, 1.54) is 0 Å². The highest BCUT2D eigenvalue weighted by Crippen LogP contribution is 2.20. The molecular formula is C15H23N3O3. The minimum Gasteiger partial charge on any atom is -0.459 e. The molecular weight excluding hydrogens is 270 g/mol. The zero-order valence-corrected chi connectivity index (χ0v) is 13.0. The van der Waals surface area contributed by atoms with Crippen LogP contribution in [0.2, 0.25) is 0 Å². The van der Waals surface area contributed by atoms with Crippen molar-refractivity contribution in [2.24, 2.45) is 5.92 Å². The first-order chi connectivity index (χ1) is 10.0. The Labute approximate surface area is 125 Å². The van der Waals surface area contributed by atoms with Crippen LogP contribution in [0.25, 0.3) is 0 Å². The van der Waals surface area contributed by atoms with Crippen LogP contribution in [0.3, 0.4) is 0 Å². The van der Waals surface area contributed by atoms with Gasteiger partial charge in [0.05, 0.1) is 12.3 Å². The topological polar surface area (TPSA) is 64.4 Å². The van der Waals surface area contributed by atoms with Gasteiger partial charge in [-0.05, 0) is 45.6 Å². The lowest BCUT2D eigenvalue weighted by molar-refractivity contribution is -0.160. The molecule has 0 atom stereocenters. The number of aromatic nitrogens is 2. The molecule has 1 aliphatic rings. The highest BCUT2D eigenvalue weighted by Gasteiger charge is 2.28. The van der Waals surface area contributed by atoms with E-state index < -0.39 is 11.9 Å². The van der Waals surface area contributed by atoms with Crippen molar-refractivity contribution in [2.45, 2.75) is 40.2 Å². The number of aryl methyl sites for hydroxylation is 2. The fraction of sp³-hybridized carbons (Fsp3) is 0.667. The maximum Gasteiger partial charge on any atom is 0.397 e. The van der Waals surface area contributed by atoms with Crippen molar-refractivity contribution in [2.75, 3.05) is 19.7 Å². The molecule has 1 fully saturated rings. The quantitative estimate of drug-likeness (QED) is 0.622. The first-order valence-electron chi connectivity index (χ1n) is 7.48. The van der Waals surface area contributed by atoms with E-state index in [9.17, 15) is 9.59 Å². The molecule has 21 heavy (non-hydrogen) atoms. The van der Waals surface area contributed by atoms with Crippen LogP contribution in [0.15, 0.2) is 6.07 Å². The minimum atomic E-state index is -0.741. The largest absolute Gasteiger partial charge is 0.459 e. The monoisotopic (exact) mass is 293 g/mol. The second-order valence-corrected chi connectivity index (χ2v) is 5.57. The summed E-state index contributed by atoms with van der Waals surface area (Å²) < 4.78 is 6.78. The molecule has 0 saturated carbocycles. The van der Waals surface area contributed by atoms with Crippen LogP contribution in [0.5, 0.6) is 0 Å². The lowest BCUT2D eigenvalue weighted by Gasteiger charge is -2.31. The Hall–Kier alpha value is -1.85. The third-order valence-electron chi connectivity index (χ3n) is 3.89. The molecule has 1 amide bonds. The van der Waals surface area contributed by atoms with Gasteiger partial charge in [-0.1, -0.05) is 0 Å². The molecule has 0 spiro atoms. The number of hydrogen-bond acceptors (Lipinski definition) is 4. The molecule has 6 heteroatoms. The van der Waals surface area contributed by atoms with Gasteiger partial charge in [-0.15, -0.1) is 0 Å². The lowest BCUT2D eigenvalue weighted by Crippen LogP contribution is -2.43. The Bertz CT molecular complexity index is 516. The van der Waals surface area contributed by atoms with Gasteiger partial charge in [-0.3, -0.25) is 9.48 Å². The molecule has 1 aliphatic heterocycles. The summed E-state index contributed by atoms with van der Waals surface area (Å²) in [6, 6.07) is 2.07. The summed E-state index contributed by atoms with van der Waals surface area (Å²) in [6.07, 6.45) is 1.78. The van der Waals surface area contributed by atoms with E-state index in [4.69, 9.17) is 4.74 Å². The van der Waals surface area contributed by atoms with Crippen LogP contribution in [0, 0.1) is 19.8 Å². The van der Waals surface area contributed by atoms with Crippen molar-refractivity contribution in [3.8, 4) is 0 Å². The Balaban J connectivity index is 1.84. The molecule has 6 nitrogen and oxygen atoms in total. The molecule has 1 aromatic rings. The first-order valence-corrected chi connectivity index (χ1v) is 7.48. The van der Waals surface area contributed by atoms with Crippen molar-refractivity contribution in [1.29, 1.82) is 0 Å². The number of rotatable bonds is 3. The van der Waals surface area contributed by atoms with Crippen LogP contribution in [0.1, 0.15) is 31.2 Å². The molecule has 2 rings (SSSR count). The van der Waals surface area contributed by atoms with E-state index in [2.05, 4.69) is 18.1 Å². The number of ether oxygens (including phenoxy) is 1. The van der Waals surface area contributed by atoms with Gasteiger partial charge in [0.25, 0.3) is 0 Å². The van der Waals surface area contributed by atoms with Gasteiger partial charge < -0.3 is 9.64 Å². The molecule has 116 valence electrons. The highest BCUT2D eigenvalue weighted by molar-refractivity contribution is 6.32. The average molecular weight is 293 g/mol. The molecule has 0 N–H and O–H groups in total. The molecule has 1 saturated heterocycles. The molecule has 2 heterocycles. The van der Waals surface area contributed by atoms with Gasteiger partial charge in [0, 0.05) is 25.3 Å². The zero-order valence-electron chi connectivity index (χ0n) is 13.0. The van der Waals surface area contributed by atoms with E-state index >= 15 is 0 Å². The highest BCUT2D eigenvalue weighted by atomic mass is 16.5. The van der Waals surface area contributed by atoms with Gasteiger partial charge >= 0.3 is 11.9 Å². The molecule has 0 bridgehead atoms. The predicted molar refractivity (Wildman–Crippen MR) is 77.6 cm³/mol. The minimum absolute atomic E-state index is 0.235. The van der Waals surface area contributed by atoms with E-state index in [0.717, 1.165) is 30.8 Å². The van der Waals surface area contributed by atoms with Crippen LogP contribution in [-0.4, -0.2) is 46.3 Å². The predicted octanol–water partition coefficient (Wildman–Crippen LogP) is 1.30. The smallest absolute Gasteiger partial charge is 0.397 e. The van der Waals surface area contributed by atoms with Gasteiger partial charge in [-0.25, -0.2) is 4.79 Å². The van der Waals surface area contributed by atoms with Crippen molar-refractivity contribution in [3.05, 3.63) is 17.5 Å². The van der Waals surface area contributed by atoms with E-state index in [-0.39, 0.29) is 6.61 Å². The average Bonchev–Trinajstić information content (AvgIpc) is 2.77. The van der Waals surface area contributed by atoms with E-state index in [1.807, 2.05) is 11.6 Å². The number of esters is 1. The SMILES string of the molecule is CCOC(=O)C(=O)N1CCC(Cn2nc(C)cc2C)CC1. The Morgan fingerprint density at radius 3 is 2.52 bits per heavy atom. The third kappa shape index (κ3) is 3.83. The zero-order chi connectivity index (χ0) is 15.4. The Morgan fingerprint density at radius 2 is 2.00 bits per heavy atom. The van der Waals surface area contributed by atoms with Gasteiger partial charge in [-0.2, -0.15) is 5.10 Å². The van der Waals surface area contributed by atoms with Gasteiger partial charge in [0.2, 0.25) is 0 Å². The van der Waals surface area contributed by atoms with Crippen molar-refractivity contribution in [1.82, 2.24) is 14.7 Å². The molecule has 0 aromatic carbocycles. The number of piperidine rings is 1. The van der Waals surface area contributed by atoms with Crippen LogP contribution in [-0.2, 0) is 20.9 Å². The van der Waals surface area contributed by atoms with Crippen LogP contribution >= 0.6 is 0 Å². The van der Waals surface area contributed by atoms with Gasteiger partial charge in [0.1, 0.15) is 0 Å². The van der Waals surface area contributed by atoms with Crippen LogP contribution < -0.4 is 0 Å². The summed E-state index contributed by atoms with van der Waals surface area (Å²) in [5, 5.41) is 4.47. The molecule has 0 aliphatic carbocycles. The van der Waals surface area contributed by atoms with E-state index in [0.29, 0.717) is 19.0 Å². The van der Waals surface area contributed by atoms with Crippen molar-refractivity contribution < 1.29 is 14.3 Å². The van der Waals surface area contributed by atoms with E-state index in [1.54, 1.807) is 11.8 Å². The fourth-order valence-electron chi connectivity index (χ4n) is 2.74. The standard InChI is InChI=1S/C15H23N3O3/c1-4-21-15(20)14(19)17-7-5-13(6-8-17)10-18-12(3)9-11(2)16-18/h9,13H,4-8,10H2,1-3H3. The lowest BCUT2D eigenvalue weighted by atomic mass is 9.96. The number of hydrogen-bond donors (Lipinski definition) is 0. The van der Waals surface area contributed by atoms with Crippen molar-refractivity contribution >= 4 is 11.9 Å². The Kier molecular flexibility index (Phi) is 4.98. The maximum absolute atomic E-state index is 11.8. The number of likely N-dealkylation sites (tertiary alicyclic amines) is 1. The molecule has 0 unspecified atom stereocenters. The number of amides is 1. The molecule has 0 radical (unpaired) electrons. The van der Waals surface area contributed by atoms with Crippen LogP contribution in [0.4, 0.5) is 0 Å². The fourth-order valence-corrected chi connectivity index (χ4v) is 2.74. The number of nitrogens with zero attached hydrogens (tertiary/aromatic N) is 3. The first kappa shape index (κ1) is 15.5. The number of carbonyl (C=O) groups excluding carboxylic acids is 2. The second-order valence-electron chi connectivity index (χ2n) is 5.57. The summed E-state index contributed by atoms with van der Waals surface area (Å²) in [4.78, 5) is 24.9. The third-order valence-corrected chi connectivity index (χ3v) is 3.89. The number of carbonyl (C=O) groups is 2. The summed E-state index contributed by atoms with van der Waals surface area (Å²) in [5.74, 6) is -0.759. The normalized spacial score (nSPS) is 16.0. The summed E-state index contributed by atoms with van der Waals surface area (Å²) in [5.41, 5.74) is 2.19. The van der Waals surface area contributed by atoms with Gasteiger partial charge in [0.15, 0.2) is 0 Å². The van der Waals surface area contributed by atoms with Crippen molar-refractivity contribution in [3.63, 3.8) is 0 Å². The summed E-state index contributed by atoms with van der Waals surface area (Å²) in [7, 11) is 0. The summed E-state index contributed by atoms with van der Waals surface area (Å²) >= 11 is 0.